The maximum absolute atomic E-state index is 13.4. The molecule has 0 saturated heterocycles. The molecular formula is C16H18Cl2FN. The number of benzene rings is 2. The van der Waals surface area contributed by atoms with Gasteiger partial charge in [-0.3, -0.25) is 0 Å². The van der Waals surface area contributed by atoms with Crippen LogP contribution >= 0.6 is 24.0 Å². The standard InChI is InChI=1S/C16H17ClFN.ClH/c1-10-6-12(7-11(2)15(10)9-19-3)14-8-13(18)4-5-16(14)17;/h4-8,19H,9H2,1-3H3;1H. The zero-order chi connectivity index (χ0) is 14.0. The zero-order valence-electron chi connectivity index (χ0n) is 11.8. The van der Waals surface area contributed by atoms with Crippen LogP contribution in [0.25, 0.3) is 11.1 Å². The third-order valence-electron chi connectivity index (χ3n) is 3.29. The van der Waals surface area contributed by atoms with Gasteiger partial charge in [0, 0.05) is 17.1 Å². The van der Waals surface area contributed by atoms with Crippen molar-refractivity contribution in [3.8, 4) is 11.1 Å². The highest BCUT2D eigenvalue weighted by Gasteiger charge is 2.09. The van der Waals surface area contributed by atoms with Crippen molar-refractivity contribution in [1.29, 1.82) is 0 Å². The average Bonchev–Trinajstić information content (AvgIpc) is 2.36. The Labute approximate surface area is 130 Å². The van der Waals surface area contributed by atoms with Gasteiger partial charge in [-0.2, -0.15) is 0 Å². The Morgan fingerprint density at radius 1 is 1.10 bits per heavy atom. The second-order valence-electron chi connectivity index (χ2n) is 4.74. The molecule has 0 fully saturated rings. The van der Waals surface area contributed by atoms with Crippen LogP contribution in [0, 0.1) is 19.7 Å². The molecule has 0 heterocycles. The van der Waals surface area contributed by atoms with E-state index >= 15 is 0 Å². The predicted molar refractivity (Wildman–Crippen MR) is 86.3 cm³/mol. The average molecular weight is 314 g/mol. The minimum absolute atomic E-state index is 0. The van der Waals surface area contributed by atoms with E-state index < -0.39 is 0 Å². The first-order valence-electron chi connectivity index (χ1n) is 6.23. The molecule has 0 spiro atoms. The van der Waals surface area contributed by atoms with Crippen molar-refractivity contribution < 1.29 is 4.39 Å². The van der Waals surface area contributed by atoms with Gasteiger partial charge in [0.25, 0.3) is 0 Å². The molecule has 0 atom stereocenters. The van der Waals surface area contributed by atoms with Gasteiger partial charge in [-0.05, 0) is 61.3 Å². The van der Waals surface area contributed by atoms with E-state index in [1.54, 1.807) is 6.07 Å². The number of hydrogen-bond donors (Lipinski definition) is 1. The van der Waals surface area contributed by atoms with E-state index in [1.165, 1.54) is 28.8 Å². The molecule has 0 unspecified atom stereocenters. The van der Waals surface area contributed by atoms with Crippen molar-refractivity contribution in [2.75, 3.05) is 7.05 Å². The second-order valence-corrected chi connectivity index (χ2v) is 5.15. The van der Waals surface area contributed by atoms with Crippen molar-refractivity contribution in [2.45, 2.75) is 20.4 Å². The molecule has 2 rings (SSSR count). The molecule has 0 aromatic heterocycles. The first-order valence-corrected chi connectivity index (χ1v) is 6.61. The number of rotatable bonds is 3. The molecule has 108 valence electrons. The van der Waals surface area contributed by atoms with Crippen LogP contribution in [0.3, 0.4) is 0 Å². The van der Waals surface area contributed by atoms with Crippen molar-refractivity contribution in [3.63, 3.8) is 0 Å². The summed E-state index contributed by atoms with van der Waals surface area (Å²) in [4.78, 5) is 0. The molecular weight excluding hydrogens is 296 g/mol. The van der Waals surface area contributed by atoms with Gasteiger partial charge in [0.2, 0.25) is 0 Å². The van der Waals surface area contributed by atoms with Gasteiger partial charge in [-0.1, -0.05) is 23.7 Å². The Morgan fingerprint density at radius 3 is 2.25 bits per heavy atom. The van der Waals surface area contributed by atoms with Crippen molar-refractivity contribution in [1.82, 2.24) is 5.32 Å². The van der Waals surface area contributed by atoms with E-state index in [9.17, 15) is 4.39 Å². The lowest BCUT2D eigenvalue weighted by Crippen LogP contribution is -2.08. The van der Waals surface area contributed by atoms with Gasteiger partial charge < -0.3 is 5.32 Å². The van der Waals surface area contributed by atoms with Crippen molar-refractivity contribution >= 4 is 24.0 Å². The summed E-state index contributed by atoms with van der Waals surface area (Å²) in [7, 11) is 1.93. The summed E-state index contributed by atoms with van der Waals surface area (Å²) in [5.74, 6) is -0.269. The summed E-state index contributed by atoms with van der Waals surface area (Å²) >= 11 is 6.16. The van der Waals surface area contributed by atoms with E-state index in [-0.39, 0.29) is 18.2 Å². The van der Waals surface area contributed by atoms with E-state index in [0.29, 0.717) is 5.02 Å². The third kappa shape index (κ3) is 3.51. The predicted octanol–water partition coefficient (Wildman–Crippen LogP) is 4.90. The molecule has 2 aromatic rings. The summed E-state index contributed by atoms with van der Waals surface area (Å²) in [6.07, 6.45) is 0. The van der Waals surface area contributed by atoms with Gasteiger partial charge in [-0.25, -0.2) is 4.39 Å². The van der Waals surface area contributed by atoms with Crippen LogP contribution in [0.2, 0.25) is 5.02 Å². The zero-order valence-corrected chi connectivity index (χ0v) is 13.3. The molecule has 1 nitrogen and oxygen atoms in total. The van der Waals surface area contributed by atoms with Crippen LogP contribution in [0.1, 0.15) is 16.7 Å². The lowest BCUT2D eigenvalue weighted by Gasteiger charge is -2.13. The van der Waals surface area contributed by atoms with Gasteiger partial charge in [0.1, 0.15) is 5.82 Å². The van der Waals surface area contributed by atoms with E-state index in [0.717, 1.165) is 17.7 Å². The van der Waals surface area contributed by atoms with Crippen molar-refractivity contribution in [3.05, 3.63) is 57.9 Å². The fraction of sp³-hybridized carbons (Fsp3) is 0.250. The molecule has 1 N–H and O–H groups in total. The lowest BCUT2D eigenvalue weighted by molar-refractivity contribution is 0.628. The molecule has 0 radical (unpaired) electrons. The fourth-order valence-corrected chi connectivity index (χ4v) is 2.55. The molecule has 20 heavy (non-hydrogen) atoms. The summed E-state index contributed by atoms with van der Waals surface area (Å²) < 4.78 is 13.4. The number of halogens is 3. The Balaban J connectivity index is 0.00000200. The van der Waals surface area contributed by atoms with Crippen LogP contribution in [0.15, 0.2) is 30.3 Å². The number of nitrogens with one attached hydrogen (secondary N) is 1. The molecule has 0 aliphatic heterocycles. The largest absolute Gasteiger partial charge is 0.316 e. The van der Waals surface area contributed by atoms with Gasteiger partial charge >= 0.3 is 0 Å². The smallest absolute Gasteiger partial charge is 0.123 e. The van der Waals surface area contributed by atoms with Gasteiger partial charge in [-0.15, -0.1) is 12.4 Å². The van der Waals surface area contributed by atoms with Crippen molar-refractivity contribution in [2.24, 2.45) is 0 Å². The third-order valence-corrected chi connectivity index (χ3v) is 3.62. The first-order chi connectivity index (χ1) is 9.02. The Hall–Kier alpha value is -1.09. The highest BCUT2D eigenvalue weighted by Crippen LogP contribution is 2.31. The van der Waals surface area contributed by atoms with Gasteiger partial charge in [0.05, 0.1) is 0 Å². The number of aryl methyl sites for hydroxylation is 2. The number of hydrogen-bond acceptors (Lipinski definition) is 1. The Kier molecular flexibility index (Phi) is 6.00. The van der Waals surface area contributed by atoms with Gasteiger partial charge in [0.15, 0.2) is 0 Å². The highest BCUT2D eigenvalue weighted by atomic mass is 35.5. The molecule has 0 bridgehead atoms. The first kappa shape index (κ1) is 17.0. The fourth-order valence-electron chi connectivity index (χ4n) is 2.32. The van der Waals surface area contributed by atoms with Crippen LogP contribution in [0.5, 0.6) is 0 Å². The monoisotopic (exact) mass is 313 g/mol. The van der Waals surface area contributed by atoms with E-state index in [1.807, 2.05) is 7.05 Å². The molecule has 0 saturated carbocycles. The maximum Gasteiger partial charge on any atom is 0.123 e. The van der Waals surface area contributed by atoms with Crippen LogP contribution < -0.4 is 5.32 Å². The maximum atomic E-state index is 13.4. The second kappa shape index (κ2) is 7.07. The Morgan fingerprint density at radius 2 is 1.70 bits per heavy atom. The van der Waals surface area contributed by atoms with Crippen LogP contribution in [-0.2, 0) is 6.54 Å². The minimum Gasteiger partial charge on any atom is -0.316 e. The molecule has 2 aromatic carbocycles. The van der Waals surface area contributed by atoms with E-state index in [2.05, 4.69) is 31.3 Å². The van der Waals surface area contributed by atoms with E-state index in [4.69, 9.17) is 11.6 Å². The highest BCUT2D eigenvalue weighted by molar-refractivity contribution is 6.33. The quantitative estimate of drug-likeness (QED) is 0.849. The summed E-state index contributed by atoms with van der Waals surface area (Å²) in [6.45, 7) is 4.96. The van der Waals surface area contributed by atoms with Crippen LogP contribution in [0.4, 0.5) is 4.39 Å². The SMILES string of the molecule is CNCc1c(C)cc(-c2cc(F)ccc2Cl)cc1C.Cl. The molecule has 0 amide bonds. The topological polar surface area (TPSA) is 12.0 Å². The normalized spacial score (nSPS) is 10.2. The molecule has 0 aliphatic rings. The lowest BCUT2D eigenvalue weighted by atomic mass is 9.95. The molecule has 4 heteroatoms. The van der Waals surface area contributed by atoms with Crippen LogP contribution in [-0.4, -0.2) is 7.05 Å². The summed E-state index contributed by atoms with van der Waals surface area (Å²) in [5, 5.41) is 3.73. The molecule has 0 aliphatic carbocycles. The summed E-state index contributed by atoms with van der Waals surface area (Å²) in [5.41, 5.74) is 5.34. The Bertz CT molecular complexity index is 588. The summed E-state index contributed by atoms with van der Waals surface area (Å²) in [6, 6.07) is 8.56. The minimum atomic E-state index is -0.269.